The highest BCUT2D eigenvalue weighted by atomic mass is 19.3. The number of aromatic nitrogens is 4. The first-order valence-corrected chi connectivity index (χ1v) is 7.79. The first-order chi connectivity index (χ1) is 13.3. The molecule has 0 atom stereocenters. The minimum atomic E-state index is -2.88. The van der Waals surface area contributed by atoms with Crippen molar-refractivity contribution < 1.29 is 23.4 Å². The number of phenols is 1. The number of anilines is 2. The van der Waals surface area contributed by atoms with E-state index < -0.39 is 30.4 Å². The van der Waals surface area contributed by atoms with E-state index in [9.17, 15) is 23.5 Å². The molecule has 12 heteroatoms. The van der Waals surface area contributed by atoms with Crippen molar-refractivity contribution in [1.82, 2.24) is 19.5 Å². The number of nitrogens with one attached hydrogen (secondary N) is 1. The van der Waals surface area contributed by atoms with Crippen LogP contribution in [0.25, 0.3) is 10.9 Å². The topological polar surface area (TPSA) is 145 Å². The van der Waals surface area contributed by atoms with E-state index in [1.54, 1.807) is 0 Å². The van der Waals surface area contributed by atoms with E-state index in [-0.39, 0.29) is 33.9 Å². The number of fused-ring (bicyclic) bond motifs is 1. The highest BCUT2D eigenvalue weighted by molar-refractivity contribution is 6.03. The normalized spacial score (nSPS) is 11.0. The van der Waals surface area contributed by atoms with E-state index in [2.05, 4.69) is 20.3 Å². The fourth-order valence-electron chi connectivity index (χ4n) is 2.48. The van der Waals surface area contributed by atoms with E-state index in [4.69, 9.17) is 10.5 Å². The molecule has 0 radical (unpaired) electrons. The number of halogens is 2. The van der Waals surface area contributed by atoms with E-state index >= 15 is 0 Å². The molecule has 10 nitrogen and oxygen atoms in total. The van der Waals surface area contributed by atoms with Crippen molar-refractivity contribution in [3.63, 3.8) is 0 Å². The molecule has 0 saturated carbocycles. The van der Waals surface area contributed by atoms with Crippen LogP contribution in [0.3, 0.4) is 0 Å². The summed E-state index contributed by atoms with van der Waals surface area (Å²) < 4.78 is 31.7. The first kappa shape index (κ1) is 18.9. The number of hydrogen-bond donors (Lipinski definition) is 3. The number of hydrogen-bond acceptors (Lipinski definition) is 8. The molecule has 0 saturated heterocycles. The molecule has 2 heterocycles. The summed E-state index contributed by atoms with van der Waals surface area (Å²) in [5, 5.41) is 12.1. The second kappa shape index (κ2) is 7.42. The van der Waals surface area contributed by atoms with Crippen LogP contribution in [-0.2, 0) is 6.54 Å². The molecule has 28 heavy (non-hydrogen) atoms. The van der Waals surface area contributed by atoms with Crippen LogP contribution in [-0.4, -0.2) is 44.1 Å². The predicted molar refractivity (Wildman–Crippen MR) is 94.6 cm³/mol. The van der Waals surface area contributed by atoms with Crippen LogP contribution in [0.4, 0.5) is 20.7 Å². The van der Waals surface area contributed by atoms with Gasteiger partial charge in [0.15, 0.2) is 11.5 Å². The highest BCUT2D eigenvalue weighted by Gasteiger charge is 2.20. The number of aromatic hydroxyl groups is 1. The van der Waals surface area contributed by atoms with Gasteiger partial charge in [0.1, 0.15) is 5.52 Å². The van der Waals surface area contributed by atoms with Crippen LogP contribution in [0.2, 0.25) is 0 Å². The van der Waals surface area contributed by atoms with E-state index in [1.165, 1.54) is 19.2 Å². The van der Waals surface area contributed by atoms with Gasteiger partial charge in [0, 0.05) is 12.4 Å². The Hall–Kier alpha value is -3.83. The molecule has 3 rings (SSSR count). The number of benzene rings is 1. The Labute approximate surface area is 155 Å². The van der Waals surface area contributed by atoms with Gasteiger partial charge in [0.2, 0.25) is 11.9 Å². The van der Waals surface area contributed by atoms with Crippen molar-refractivity contribution in [2.45, 2.75) is 13.0 Å². The first-order valence-electron chi connectivity index (χ1n) is 7.79. The van der Waals surface area contributed by atoms with Gasteiger partial charge in [-0.1, -0.05) is 0 Å². The molecule has 0 aliphatic heterocycles. The zero-order valence-corrected chi connectivity index (χ0v) is 14.4. The van der Waals surface area contributed by atoms with Crippen LogP contribution in [0.1, 0.15) is 10.4 Å². The lowest BCUT2D eigenvalue weighted by Gasteiger charge is -2.15. The van der Waals surface area contributed by atoms with E-state index in [1.807, 2.05) is 0 Å². The van der Waals surface area contributed by atoms with Crippen molar-refractivity contribution in [1.29, 1.82) is 0 Å². The molecular formula is C16H14F2N6O4. The van der Waals surface area contributed by atoms with Crippen molar-refractivity contribution in [2.24, 2.45) is 0 Å². The average molecular weight is 392 g/mol. The maximum absolute atomic E-state index is 13.0. The van der Waals surface area contributed by atoms with Crippen LogP contribution >= 0.6 is 0 Å². The maximum Gasteiger partial charge on any atom is 0.263 e. The van der Waals surface area contributed by atoms with Crippen molar-refractivity contribution in [3.05, 3.63) is 40.4 Å². The summed E-state index contributed by atoms with van der Waals surface area (Å²) in [5.74, 6) is -1.75. The van der Waals surface area contributed by atoms with Gasteiger partial charge >= 0.3 is 0 Å². The molecule has 0 fully saturated rings. The summed E-state index contributed by atoms with van der Waals surface area (Å²) in [6, 6.07) is 2.41. The number of ether oxygens (including phenoxy) is 1. The monoisotopic (exact) mass is 392 g/mol. The number of alkyl halides is 2. The molecule has 2 aromatic heterocycles. The number of carbonyl (C=O) groups excluding carboxylic acids is 1. The predicted octanol–water partition coefficient (Wildman–Crippen LogP) is 1.00. The number of amides is 1. The molecule has 0 unspecified atom stereocenters. The van der Waals surface area contributed by atoms with Gasteiger partial charge < -0.3 is 15.6 Å². The Morgan fingerprint density at radius 1 is 1.36 bits per heavy atom. The van der Waals surface area contributed by atoms with Gasteiger partial charge in [0.05, 0.1) is 24.6 Å². The lowest BCUT2D eigenvalue weighted by atomic mass is 10.2. The lowest BCUT2D eigenvalue weighted by molar-refractivity contribution is 0.102. The molecular weight excluding hydrogens is 378 g/mol. The Kier molecular flexibility index (Phi) is 5.02. The third-order valence-electron chi connectivity index (χ3n) is 3.74. The molecule has 1 amide bonds. The summed E-state index contributed by atoms with van der Waals surface area (Å²) in [7, 11) is 1.24. The number of nitrogens with zero attached hydrogens (tertiary/aromatic N) is 4. The Morgan fingerprint density at radius 3 is 2.64 bits per heavy atom. The summed E-state index contributed by atoms with van der Waals surface area (Å²) >= 11 is 0. The third kappa shape index (κ3) is 3.51. The highest BCUT2D eigenvalue weighted by Crippen LogP contribution is 2.32. The van der Waals surface area contributed by atoms with E-state index in [0.29, 0.717) is 4.57 Å². The SMILES string of the molecule is COc1c(O)ccc2c(=O)n(CC(F)F)c(NC(=O)c3cnc(N)nc3)nc12. The summed E-state index contributed by atoms with van der Waals surface area (Å²) in [5.41, 5.74) is 4.39. The third-order valence-corrected chi connectivity index (χ3v) is 3.74. The molecule has 3 aromatic rings. The lowest BCUT2D eigenvalue weighted by Crippen LogP contribution is -2.29. The van der Waals surface area contributed by atoms with Gasteiger partial charge in [-0.15, -0.1) is 0 Å². The number of nitrogens with two attached hydrogens (primary N) is 1. The van der Waals surface area contributed by atoms with Gasteiger partial charge in [-0.05, 0) is 12.1 Å². The molecule has 0 spiro atoms. The van der Waals surface area contributed by atoms with Gasteiger partial charge in [0.25, 0.3) is 17.9 Å². The maximum atomic E-state index is 13.0. The zero-order chi connectivity index (χ0) is 20.4. The number of methoxy groups -OCH3 is 1. The quantitative estimate of drug-likeness (QED) is 0.583. The molecule has 0 aliphatic carbocycles. The number of phenolic OH excluding ortho intramolecular Hbond substituents is 1. The Morgan fingerprint density at radius 2 is 2.04 bits per heavy atom. The number of nitrogen functional groups attached to an aromatic ring is 1. The van der Waals surface area contributed by atoms with Gasteiger partial charge in [-0.3, -0.25) is 19.5 Å². The summed E-state index contributed by atoms with van der Waals surface area (Å²) in [6.45, 7) is -1.00. The van der Waals surface area contributed by atoms with Crippen LogP contribution < -0.4 is 21.3 Å². The Bertz CT molecular complexity index is 1100. The average Bonchev–Trinajstić information content (AvgIpc) is 2.65. The molecule has 146 valence electrons. The largest absolute Gasteiger partial charge is 0.504 e. The van der Waals surface area contributed by atoms with Crippen molar-refractivity contribution >= 4 is 28.7 Å². The standard InChI is InChI=1S/C16H14F2N6O4/c1-28-12-9(25)3-2-8-11(12)22-16(24(14(8)27)6-10(17)18)23-13(26)7-4-20-15(19)21-5-7/h2-5,10,25H,6H2,1H3,(H2,19,20,21)(H,22,23,26). The Balaban J connectivity index is 2.16. The van der Waals surface area contributed by atoms with Gasteiger partial charge in [-0.25, -0.2) is 23.7 Å². The molecule has 0 bridgehead atoms. The smallest absolute Gasteiger partial charge is 0.263 e. The number of rotatable bonds is 5. The van der Waals surface area contributed by atoms with Crippen LogP contribution in [0.15, 0.2) is 29.3 Å². The molecule has 4 N–H and O–H groups in total. The van der Waals surface area contributed by atoms with Gasteiger partial charge in [-0.2, -0.15) is 0 Å². The minimum Gasteiger partial charge on any atom is -0.504 e. The summed E-state index contributed by atoms with van der Waals surface area (Å²) in [6.07, 6.45) is -0.632. The molecule has 0 aliphatic rings. The van der Waals surface area contributed by atoms with E-state index in [0.717, 1.165) is 12.4 Å². The van der Waals surface area contributed by atoms with Crippen molar-refractivity contribution in [2.75, 3.05) is 18.2 Å². The zero-order valence-electron chi connectivity index (χ0n) is 14.4. The molecule has 1 aromatic carbocycles. The fourth-order valence-corrected chi connectivity index (χ4v) is 2.48. The van der Waals surface area contributed by atoms with Crippen LogP contribution in [0, 0.1) is 0 Å². The number of carbonyl (C=O) groups is 1. The fraction of sp³-hybridized carbons (Fsp3) is 0.188. The summed E-state index contributed by atoms with van der Waals surface area (Å²) in [4.78, 5) is 36.4. The minimum absolute atomic E-state index is 0.0324. The second-order valence-corrected chi connectivity index (χ2v) is 5.54. The van der Waals surface area contributed by atoms with Crippen molar-refractivity contribution in [3.8, 4) is 11.5 Å². The second-order valence-electron chi connectivity index (χ2n) is 5.54. The van der Waals surface area contributed by atoms with Crippen LogP contribution in [0.5, 0.6) is 11.5 Å².